The Bertz CT molecular complexity index is 2170. The molecule has 0 aliphatic heterocycles. The van der Waals surface area contributed by atoms with Gasteiger partial charge in [0.25, 0.3) is 0 Å². The zero-order chi connectivity index (χ0) is 29.4. The van der Waals surface area contributed by atoms with Crippen LogP contribution >= 0.6 is 0 Å². The minimum Gasteiger partial charge on any atom is -0.455 e. The molecule has 0 radical (unpaired) electrons. The number of aromatic nitrogens is 1. The van der Waals surface area contributed by atoms with Crippen LogP contribution in [0.2, 0.25) is 19.6 Å². The molecule has 2 aromatic heterocycles. The number of aryl methyl sites for hydroxylation is 1. The Morgan fingerprint density at radius 1 is 0.667 bits per heavy atom. The van der Waals surface area contributed by atoms with E-state index in [0.717, 1.165) is 38.7 Å². The van der Waals surface area contributed by atoms with E-state index in [4.69, 9.17) is 9.40 Å². The van der Waals surface area contributed by atoms with Crippen LogP contribution in [0, 0.1) is 6.92 Å². The summed E-state index contributed by atoms with van der Waals surface area (Å²) in [6.45, 7) is 16.4. The van der Waals surface area contributed by atoms with Crippen molar-refractivity contribution in [3.8, 4) is 22.4 Å². The SMILES string of the molecule is Cc1cc(-c2cc(-c3c(C(C)(C)C)ccc4ccccc34)c3cc([Si](C)(C)C)ccc3n2)c2oc3ccccc3c2c1. The second kappa shape index (κ2) is 9.40. The number of pyridine rings is 1. The number of nitrogens with zero attached hydrogens (tertiary/aromatic N) is 1. The third-order valence-electron chi connectivity index (χ3n) is 8.58. The summed E-state index contributed by atoms with van der Waals surface area (Å²) in [5, 5.41) is 7.47. The van der Waals surface area contributed by atoms with Gasteiger partial charge in [-0.15, -0.1) is 0 Å². The van der Waals surface area contributed by atoms with E-state index >= 15 is 0 Å². The first-order valence-corrected chi connectivity index (χ1v) is 18.4. The Morgan fingerprint density at radius 3 is 2.17 bits per heavy atom. The van der Waals surface area contributed by atoms with Gasteiger partial charge < -0.3 is 4.42 Å². The van der Waals surface area contributed by atoms with Gasteiger partial charge in [-0.2, -0.15) is 0 Å². The van der Waals surface area contributed by atoms with E-state index in [-0.39, 0.29) is 5.41 Å². The Labute approximate surface area is 249 Å². The van der Waals surface area contributed by atoms with Crippen LogP contribution in [0.3, 0.4) is 0 Å². The molecule has 0 aliphatic rings. The molecule has 5 aromatic carbocycles. The highest BCUT2D eigenvalue weighted by atomic mass is 28.3. The van der Waals surface area contributed by atoms with E-state index in [9.17, 15) is 0 Å². The van der Waals surface area contributed by atoms with Crippen LogP contribution in [0.15, 0.2) is 101 Å². The highest BCUT2D eigenvalue weighted by Crippen LogP contribution is 2.44. The molecule has 0 saturated carbocycles. The molecular formula is C39H37NOSi. The summed E-state index contributed by atoms with van der Waals surface area (Å²) < 4.78 is 6.53. The smallest absolute Gasteiger partial charge is 0.144 e. The number of benzene rings is 5. The van der Waals surface area contributed by atoms with Crippen LogP contribution in [0.4, 0.5) is 0 Å². The minimum atomic E-state index is -1.56. The molecule has 2 heterocycles. The number of fused-ring (bicyclic) bond motifs is 5. The molecule has 3 heteroatoms. The van der Waals surface area contributed by atoms with Crippen molar-refractivity contribution in [1.82, 2.24) is 4.98 Å². The first-order chi connectivity index (χ1) is 20.0. The predicted molar refractivity (Wildman–Crippen MR) is 184 cm³/mol. The molecule has 0 spiro atoms. The lowest BCUT2D eigenvalue weighted by Crippen LogP contribution is -2.37. The summed E-state index contributed by atoms with van der Waals surface area (Å²) in [6.07, 6.45) is 0. The first-order valence-electron chi connectivity index (χ1n) is 14.9. The maximum absolute atomic E-state index is 6.53. The maximum atomic E-state index is 6.53. The lowest BCUT2D eigenvalue weighted by molar-refractivity contribution is 0.593. The van der Waals surface area contributed by atoms with Crippen molar-refractivity contribution in [1.29, 1.82) is 0 Å². The molecule has 7 rings (SSSR count). The van der Waals surface area contributed by atoms with Gasteiger partial charge in [-0.1, -0.05) is 112 Å². The summed E-state index contributed by atoms with van der Waals surface area (Å²) in [7, 11) is -1.56. The topological polar surface area (TPSA) is 26.0 Å². The summed E-state index contributed by atoms with van der Waals surface area (Å²) in [5.41, 5.74) is 9.84. The van der Waals surface area contributed by atoms with Gasteiger partial charge in [0, 0.05) is 21.7 Å². The molecule has 2 nitrogen and oxygen atoms in total. The van der Waals surface area contributed by atoms with Crippen LogP contribution < -0.4 is 5.19 Å². The van der Waals surface area contributed by atoms with Gasteiger partial charge in [0.05, 0.1) is 19.3 Å². The second-order valence-corrected chi connectivity index (χ2v) is 18.9. The minimum absolute atomic E-state index is 0.0408. The summed E-state index contributed by atoms with van der Waals surface area (Å²) in [5.74, 6) is 0. The standard InChI is InChI=1S/C39H37NOSi/c1-24-20-31-28-14-10-11-15-36(28)41-38(31)32(21-24)35-23-30(29-22-26(42(5,6)7)17-19-34(29)40-35)37-27-13-9-8-12-25(27)16-18-33(37)39(2,3)4/h8-23H,1-7H3. The number of furan rings is 1. The average molecular weight is 564 g/mol. The molecule has 0 fully saturated rings. The van der Waals surface area contributed by atoms with Gasteiger partial charge in [0.2, 0.25) is 0 Å². The molecular weight excluding hydrogens is 527 g/mol. The first kappa shape index (κ1) is 26.7. The fourth-order valence-electron chi connectivity index (χ4n) is 6.39. The van der Waals surface area contributed by atoms with Gasteiger partial charge in [-0.25, -0.2) is 4.98 Å². The molecule has 0 unspecified atom stereocenters. The van der Waals surface area contributed by atoms with Gasteiger partial charge in [-0.3, -0.25) is 0 Å². The van der Waals surface area contributed by atoms with Crippen molar-refractivity contribution >= 4 is 56.9 Å². The van der Waals surface area contributed by atoms with Crippen molar-refractivity contribution in [2.75, 3.05) is 0 Å². The molecule has 0 aliphatic carbocycles. The Balaban J connectivity index is 1.64. The Kier molecular flexibility index (Phi) is 5.97. The fraction of sp³-hybridized carbons (Fsp3) is 0.205. The normalized spacial score (nSPS) is 12.6. The second-order valence-electron chi connectivity index (χ2n) is 13.8. The van der Waals surface area contributed by atoms with Gasteiger partial charge in [0.1, 0.15) is 11.2 Å². The van der Waals surface area contributed by atoms with Gasteiger partial charge in [0.15, 0.2) is 0 Å². The third kappa shape index (κ3) is 4.35. The summed E-state index contributed by atoms with van der Waals surface area (Å²) in [6, 6.07) is 35.5. The molecule has 0 amide bonds. The van der Waals surface area contributed by atoms with Crippen LogP contribution in [-0.2, 0) is 5.41 Å². The lowest BCUT2D eigenvalue weighted by Gasteiger charge is -2.26. The number of hydrogen-bond acceptors (Lipinski definition) is 2. The largest absolute Gasteiger partial charge is 0.455 e. The van der Waals surface area contributed by atoms with Crippen molar-refractivity contribution in [3.05, 3.63) is 108 Å². The van der Waals surface area contributed by atoms with E-state index in [2.05, 4.69) is 138 Å². The number of rotatable bonds is 3. The zero-order valence-corrected chi connectivity index (χ0v) is 26.6. The van der Waals surface area contributed by atoms with Crippen LogP contribution in [0.25, 0.3) is 66.0 Å². The molecule has 7 aromatic rings. The molecule has 42 heavy (non-hydrogen) atoms. The predicted octanol–water partition coefficient (Wildman–Crippen LogP) is 10.8. The van der Waals surface area contributed by atoms with E-state index < -0.39 is 8.07 Å². The molecule has 0 N–H and O–H groups in total. The number of hydrogen-bond donors (Lipinski definition) is 0. The van der Waals surface area contributed by atoms with Crippen molar-refractivity contribution < 1.29 is 4.42 Å². The van der Waals surface area contributed by atoms with Crippen LogP contribution in [0.1, 0.15) is 31.9 Å². The highest BCUT2D eigenvalue weighted by Gasteiger charge is 2.25. The van der Waals surface area contributed by atoms with Gasteiger partial charge in [-0.05, 0) is 75.7 Å². The van der Waals surface area contributed by atoms with Crippen LogP contribution in [0.5, 0.6) is 0 Å². The molecule has 208 valence electrons. The van der Waals surface area contributed by atoms with E-state index in [1.807, 2.05) is 6.07 Å². The van der Waals surface area contributed by atoms with E-state index in [1.165, 1.54) is 43.6 Å². The Hall–Kier alpha value is -4.21. The highest BCUT2D eigenvalue weighted by molar-refractivity contribution is 6.88. The fourth-order valence-corrected chi connectivity index (χ4v) is 7.55. The molecule has 0 saturated heterocycles. The van der Waals surface area contributed by atoms with Gasteiger partial charge >= 0.3 is 0 Å². The third-order valence-corrected chi connectivity index (χ3v) is 10.6. The number of para-hydroxylation sites is 1. The van der Waals surface area contributed by atoms with Crippen molar-refractivity contribution in [2.45, 2.75) is 52.8 Å². The lowest BCUT2D eigenvalue weighted by atomic mass is 9.79. The summed E-state index contributed by atoms with van der Waals surface area (Å²) in [4.78, 5) is 5.34. The maximum Gasteiger partial charge on any atom is 0.144 e. The summed E-state index contributed by atoms with van der Waals surface area (Å²) >= 11 is 0. The zero-order valence-electron chi connectivity index (χ0n) is 25.6. The quantitative estimate of drug-likeness (QED) is 0.200. The molecule has 0 atom stereocenters. The average Bonchev–Trinajstić information content (AvgIpc) is 3.32. The van der Waals surface area contributed by atoms with Crippen LogP contribution in [-0.4, -0.2) is 13.1 Å². The molecule has 0 bridgehead atoms. The van der Waals surface area contributed by atoms with E-state index in [0.29, 0.717) is 0 Å². The Morgan fingerprint density at radius 2 is 1.40 bits per heavy atom. The van der Waals surface area contributed by atoms with Crippen molar-refractivity contribution in [2.24, 2.45) is 0 Å². The monoisotopic (exact) mass is 563 g/mol. The van der Waals surface area contributed by atoms with E-state index in [1.54, 1.807) is 0 Å². The van der Waals surface area contributed by atoms with Crippen molar-refractivity contribution in [3.63, 3.8) is 0 Å².